The van der Waals surface area contributed by atoms with Crippen molar-refractivity contribution >= 4 is 49.1 Å². The second-order valence-electron chi connectivity index (χ2n) is 8.62. The van der Waals surface area contributed by atoms with Gasteiger partial charge >= 0.3 is 0 Å². The van der Waals surface area contributed by atoms with Crippen molar-refractivity contribution in [1.82, 2.24) is 9.97 Å². The molecule has 0 aliphatic heterocycles. The summed E-state index contributed by atoms with van der Waals surface area (Å²) in [7, 11) is 0. The van der Waals surface area contributed by atoms with Gasteiger partial charge in [-0.1, -0.05) is 23.7 Å². The average molecular weight is 516 g/mol. The normalized spacial score (nSPS) is 13.0. The Morgan fingerprint density at radius 1 is 1.06 bits per heavy atom. The van der Waals surface area contributed by atoms with Crippen molar-refractivity contribution in [1.29, 1.82) is 0 Å². The van der Waals surface area contributed by atoms with E-state index in [-0.39, 0.29) is 11.7 Å². The molecule has 0 aliphatic carbocycles. The molecular formula is C25H24BrClN2OS. The molecule has 4 rings (SSSR count). The Bertz CT molecular complexity index is 1250. The third-order valence-corrected chi connectivity index (χ3v) is 6.77. The Hall–Kier alpha value is -1.79. The number of thiazole rings is 1. The molecule has 6 heteroatoms. The van der Waals surface area contributed by atoms with Crippen LogP contribution >= 0.6 is 38.9 Å². The molecular weight excluding hydrogens is 492 g/mol. The zero-order chi connectivity index (χ0) is 22.3. The van der Waals surface area contributed by atoms with Gasteiger partial charge in [-0.3, -0.25) is 4.98 Å². The van der Waals surface area contributed by atoms with Crippen molar-refractivity contribution in [2.45, 2.75) is 46.3 Å². The summed E-state index contributed by atoms with van der Waals surface area (Å²) in [4.78, 5) is 9.26. The molecule has 0 spiro atoms. The van der Waals surface area contributed by atoms with E-state index in [1.807, 2.05) is 24.4 Å². The first-order valence-corrected chi connectivity index (χ1v) is 12.1. The number of hydrogen-bond acceptors (Lipinski definition) is 4. The highest BCUT2D eigenvalue weighted by molar-refractivity contribution is 9.10. The number of ether oxygens (including phenoxy) is 1. The lowest BCUT2D eigenvalue weighted by atomic mass is 9.92. The van der Waals surface area contributed by atoms with Gasteiger partial charge in [-0.2, -0.15) is 0 Å². The maximum atomic E-state index is 6.39. The van der Waals surface area contributed by atoms with Crippen molar-refractivity contribution in [3.63, 3.8) is 0 Å². The average Bonchev–Trinajstić information content (AvgIpc) is 3.10. The van der Waals surface area contributed by atoms with Gasteiger partial charge in [0.1, 0.15) is 5.01 Å². The van der Waals surface area contributed by atoms with E-state index in [0.717, 1.165) is 41.4 Å². The Kier molecular flexibility index (Phi) is 6.23. The number of pyridine rings is 1. The monoisotopic (exact) mass is 514 g/mol. The lowest BCUT2D eigenvalue weighted by Crippen LogP contribution is -2.22. The second-order valence-corrected chi connectivity index (χ2v) is 11.0. The molecule has 0 amide bonds. The zero-order valence-electron chi connectivity index (χ0n) is 18.2. The standard InChI is InChI=1S/C25H24BrClN2OS/c1-14-10-20-23(31-24(29-20)17-11-18(26)13-28-12-17)22(16-6-8-19(27)9-7-16)21(14)15(2)30-25(3,4)5/h6-13,15H,1-5H3/t15-/m0/s1. The third-order valence-electron chi connectivity index (χ3n) is 4.95. The highest BCUT2D eigenvalue weighted by Crippen LogP contribution is 2.44. The van der Waals surface area contributed by atoms with Crippen molar-refractivity contribution < 1.29 is 4.74 Å². The van der Waals surface area contributed by atoms with E-state index in [1.54, 1.807) is 17.5 Å². The fraction of sp³-hybridized carbons (Fsp3) is 0.280. The fourth-order valence-electron chi connectivity index (χ4n) is 3.88. The number of hydrogen-bond donors (Lipinski definition) is 0. The Labute approximate surface area is 200 Å². The van der Waals surface area contributed by atoms with Crippen molar-refractivity contribution in [2.24, 2.45) is 0 Å². The maximum Gasteiger partial charge on any atom is 0.126 e. The number of rotatable bonds is 4. The molecule has 0 saturated heterocycles. The van der Waals surface area contributed by atoms with E-state index < -0.39 is 0 Å². The second kappa shape index (κ2) is 8.62. The number of benzene rings is 2. The van der Waals surface area contributed by atoms with Gasteiger partial charge in [0.25, 0.3) is 0 Å². The van der Waals surface area contributed by atoms with Crippen LogP contribution in [0.15, 0.2) is 53.3 Å². The van der Waals surface area contributed by atoms with Crippen molar-refractivity contribution in [3.8, 4) is 21.7 Å². The quantitative estimate of drug-likeness (QED) is 0.273. The van der Waals surface area contributed by atoms with Crippen LogP contribution in [0.2, 0.25) is 5.02 Å². The first-order chi connectivity index (χ1) is 14.6. The third kappa shape index (κ3) is 4.85. The van der Waals surface area contributed by atoms with Crippen LogP contribution in [0.3, 0.4) is 0 Å². The molecule has 0 fully saturated rings. The van der Waals surface area contributed by atoms with Crippen LogP contribution in [0.4, 0.5) is 0 Å². The summed E-state index contributed by atoms with van der Waals surface area (Å²) in [6.45, 7) is 10.5. The summed E-state index contributed by atoms with van der Waals surface area (Å²) in [5.74, 6) is 0. The van der Waals surface area contributed by atoms with Gasteiger partial charge in [-0.05, 0) is 91.5 Å². The number of aryl methyl sites for hydroxylation is 1. The smallest absolute Gasteiger partial charge is 0.126 e. The molecule has 0 unspecified atom stereocenters. The minimum atomic E-state index is -0.251. The minimum absolute atomic E-state index is 0.0758. The Morgan fingerprint density at radius 2 is 1.77 bits per heavy atom. The number of fused-ring (bicyclic) bond motifs is 1. The Balaban J connectivity index is 1.98. The molecule has 0 bridgehead atoms. The molecule has 3 nitrogen and oxygen atoms in total. The molecule has 0 radical (unpaired) electrons. The number of nitrogens with zero attached hydrogens (tertiary/aromatic N) is 2. The number of aromatic nitrogens is 2. The summed E-state index contributed by atoms with van der Waals surface area (Å²) in [5, 5.41) is 1.67. The molecule has 1 atom stereocenters. The molecule has 0 N–H and O–H groups in total. The van der Waals surface area contributed by atoms with E-state index in [4.69, 9.17) is 21.3 Å². The van der Waals surface area contributed by atoms with Gasteiger partial charge in [0.15, 0.2) is 0 Å². The summed E-state index contributed by atoms with van der Waals surface area (Å²) in [6, 6.07) is 12.2. The first-order valence-electron chi connectivity index (χ1n) is 10.1. The van der Waals surface area contributed by atoms with Crippen LogP contribution in [0, 0.1) is 6.92 Å². The topological polar surface area (TPSA) is 35.0 Å². The van der Waals surface area contributed by atoms with Gasteiger partial charge in [-0.15, -0.1) is 11.3 Å². The summed E-state index contributed by atoms with van der Waals surface area (Å²) < 4.78 is 8.47. The molecule has 2 heterocycles. The van der Waals surface area contributed by atoms with E-state index in [0.29, 0.717) is 0 Å². The maximum absolute atomic E-state index is 6.39. The highest BCUT2D eigenvalue weighted by atomic mass is 79.9. The predicted octanol–water partition coefficient (Wildman–Crippen LogP) is 8.63. The molecule has 0 aliphatic rings. The van der Waals surface area contributed by atoms with Crippen LogP contribution in [0.5, 0.6) is 0 Å². The minimum Gasteiger partial charge on any atom is -0.368 e. The fourth-order valence-corrected chi connectivity index (χ4v) is 5.48. The van der Waals surface area contributed by atoms with Crippen molar-refractivity contribution in [2.75, 3.05) is 0 Å². The lowest BCUT2D eigenvalue weighted by Gasteiger charge is -2.28. The van der Waals surface area contributed by atoms with Gasteiger partial charge < -0.3 is 4.74 Å². The SMILES string of the molecule is Cc1cc2nc(-c3cncc(Br)c3)sc2c(-c2ccc(Cl)cc2)c1[C@H](C)OC(C)(C)C. The van der Waals surface area contributed by atoms with Gasteiger partial charge in [0, 0.05) is 33.0 Å². The van der Waals surface area contributed by atoms with E-state index in [2.05, 4.69) is 73.7 Å². The molecule has 160 valence electrons. The van der Waals surface area contributed by atoms with Crippen LogP contribution < -0.4 is 0 Å². The van der Waals surface area contributed by atoms with Gasteiger partial charge in [0.05, 0.1) is 21.9 Å². The van der Waals surface area contributed by atoms with Crippen molar-refractivity contribution in [3.05, 3.63) is 69.4 Å². The van der Waals surface area contributed by atoms with E-state index in [9.17, 15) is 0 Å². The predicted molar refractivity (Wildman–Crippen MR) is 135 cm³/mol. The molecule has 31 heavy (non-hydrogen) atoms. The first kappa shape index (κ1) is 22.4. The van der Waals surface area contributed by atoms with Gasteiger partial charge in [0.2, 0.25) is 0 Å². The summed E-state index contributed by atoms with van der Waals surface area (Å²) in [6.07, 6.45) is 3.56. The lowest BCUT2D eigenvalue weighted by molar-refractivity contribution is -0.0529. The Morgan fingerprint density at radius 3 is 2.42 bits per heavy atom. The van der Waals surface area contributed by atoms with Crippen LogP contribution in [-0.4, -0.2) is 15.6 Å². The van der Waals surface area contributed by atoms with Crippen LogP contribution in [0.25, 0.3) is 31.9 Å². The summed E-state index contributed by atoms with van der Waals surface area (Å²) >= 11 is 11.4. The summed E-state index contributed by atoms with van der Waals surface area (Å²) in [5.41, 5.74) is 6.35. The molecule has 4 aromatic rings. The largest absolute Gasteiger partial charge is 0.368 e. The van der Waals surface area contributed by atoms with Gasteiger partial charge in [-0.25, -0.2) is 4.98 Å². The van der Waals surface area contributed by atoms with E-state index in [1.165, 1.54) is 11.1 Å². The molecule has 2 aromatic heterocycles. The van der Waals surface area contributed by atoms with E-state index >= 15 is 0 Å². The zero-order valence-corrected chi connectivity index (χ0v) is 21.3. The van der Waals surface area contributed by atoms with Crippen LogP contribution in [0.1, 0.15) is 44.9 Å². The molecule has 0 saturated carbocycles. The molecule has 2 aromatic carbocycles. The highest BCUT2D eigenvalue weighted by Gasteiger charge is 2.25. The number of halogens is 2. The van der Waals surface area contributed by atoms with Crippen LogP contribution in [-0.2, 0) is 4.74 Å².